The van der Waals surface area contributed by atoms with Crippen LogP contribution >= 0.6 is 27.7 Å². The monoisotopic (exact) mass is 471 g/mol. The van der Waals surface area contributed by atoms with Crippen molar-refractivity contribution >= 4 is 45.2 Å². The molecule has 0 saturated carbocycles. The number of hydrogen-bond acceptors (Lipinski definition) is 5. The van der Waals surface area contributed by atoms with E-state index in [0.29, 0.717) is 22.0 Å². The maximum Gasteiger partial charge on any atom is 0.234 e. The van der Waals surface area contributed by atoms with Crippen molar-refractivity contribution in [2.45, 2.75) is 12.3 Å². The topological polar surface area (TPSA) is 91.2 Å². The minimum absolute atomic E-state index is 0.0650. The number of methoxy groups -OCH3 is 1. The van der Waals surface area contributed by atoms with Gasteiger partial charge in [0.2, 0.25) is 11.8 Å². The lowest BCUT2D eigenvalue weighted by Gasteiger charge is -2.25. The second-order valence-electron chi connectivity index (χ2n) is 6.25. The molecule has 2 aromatic rings. The number of ether oxygens (including phenoxy) is 1. The number of halogens is 1. The van der Waals surface area contributed by atoms with Crippen LogP contribution in [-0.2, 0) is 9.59 Å². The zero-order valence-corrected chi connectivity index (χ0v) is 18.0. The van der Waals surface area contributed by atoms with E-state index in [1.807, 2.05) is 24.3 Å². The number of carbonyl (C=O) groups is 2. The fraction of sp³-hybridized carbons (Fsp3) is 0.190. The van der Waals surface area contributed by atoms with Gasteiger partial charge < -0.3 is 15.4 Å². The summed E-state index contributed by atoms with van der Waals surface area (Å²) in [4.78, 5) is 24.5. The molecule has 2 N–H and O–H groups in total. The number of anilines is 1. The molecule has 2 aromatic carbocycles. The molecule has 0 aromatic heterocycles. The van der Waals surface area contributed by atoms with Crippen LogP contribution in [0.4, 0.5) is 5.69 Å². The second-order valence-corrected chi connectivity index (χ2v) is 8.09. The molecule has 1 unspecified atom stereocenters. The smallest absolute Gasteiger partial charge is 0.234 e. The Bertz CT molecular complexity index is 999. The van der Waals surface area contributed by atoms with Gasteiger partial charge in [-0.15, -0.1) is 0 Å². The summed E-state index contributed by atoms with van der Waals surface area (Å²) in [5.74, 6) is 0.000848. The van der Waals surface area contributed by atoms with Crippen LogP contribution in [0.3, 0.4) is 0 Å². The van der Waals surface area contributed by atoms with Crippen LogP contribution in [-0.4, -0.2) is 24.7 Å². The van der Waals surface area contributed by atoms with Crippen molar-refractivity contribution in [2.75, 3.05) is 18.2 Å². The molecular weight excluding hydrogens is 454 g/mol. The number of thioether (sulfide) groups is 1. The molecule has 148 valence electrons. The molecule has 1 heterocycles. The molecule has 1 aliphatic heterocycles. The largest absolute Gasteiger partial charge is 0.497 e. The lowest BCUT2D eigenvalue weighted by Crippen LogP contribution is -2.31. The number of hydrogen-bond donors (Lipinski definition) is 2. The number of amides is 2. The Kier molecular flexibility index (Phi) is 6.96. The Morgan fingerprint density at radius 3 is 2.69 bits per heavy atom. The Balaban J connectivity index is 1.73. The van der Waals surface area contributed by atoms with E-state index in [1.165, 1.54) is 0 Å². The number of allylic oxidation sites excluding steroid dienone is 1. The first-order valence-corrected chi connectivity index (χ1v) is 10.5. The van der Waals surface area contributed by atoms with Gasteiger partial charge in [0.1, 0.15) is 5.75 Å². The number of benzene rings is 2. The summed E-state index contributed by atoms with van der Waals surface area (Å²) in [6.07, 6.45) is 0.188. The lowest BCUT2D eigenvalue weighted by atomic mass is 9.87. The van der Waals surface area contributed by atoms with Crippen molar-refractivity contribution in [3.8, 4) is 11.8 Å². The molecule has 0 aliphatic carbocycles. The summed E-state index contributed by atoms with van der Waals surface area (Å²) in [5.41, 5.74) is 1.98. The zero-order valence-electron chi connectivity index (χ0n) is 15.6. The second kappa shape index (κ2) is 9.63. The molecule has 1 atom stereocenters. The standard InChI is InChI=1S/C21H18BrN3O3S/c1-28-14-8-6-13(7-9-14)24-20(27)12-29-21-17(11-23)16(10-19(26)25-21)15-4-2-3-5-18(15)22/h2-9,16H,10,12H2,1H3,(H,24,27)(H,25,26). The highest BCUT2D eigenvalue weighted by molar-refractivity contribution is 9.10. The molecule has 0 bridgehead atoms. The van der Waals surface area contributed by atoms with Crippen molar-refractivity contribution in [3.63, 3.8) is 0 Å². The Labute approximate surface area is 181 Å². The van der Waals surface area contributed by atoms with Gasteiger partial charge in [-0.3, -0.25) is 9.59 Å². The van der Waals surface area contributed by atoms with Gasteiger partial charge in [0.25, 0.3) is 0 Å². The first-order chi connectivity index (χ1) is 14.0. The molecule has 0 spiro atoms. The van der Waals surface area contributed by atoms with Crippen molar-refractivity contribution in [3.05, 3.63) is 69.2 Å². The fourth-order valence-corrected chi connectivity index (χ4v) is 4.40. The molecule has 29 heavy (non-hydrogen) atoms. The molecule has 6 nitrogen and oxygen atoms in total. The Morgan fingerprint density at radius 1 is 1.31 bits per heavy atom. The van der Waals surface area contributed by atoms with Crippen LogP contribution in [0, 0.1) is 11.3 Å². The van der Waals surface area contributed by atoms with Gasteiger partial charge in [0.15, 0.2) is 0 Å². The minimum Gasteiger partial charge on any atom is -0.497 e. The molecular formula is C21H18BrN3O3S. The van der Waals surface area contributed by atoms with E-state index in [9.17, 15) is 14.9 Å². The van der Waals surface area contributed by atoms with E-state index in [2.05, 4.69) is 32.6 Å². The molecule has 3 rings (SSSR count). The van der Waals surface area contributed by atoms with E-state index in [1.54, 1.807) is 31.4 Å². The van der Waals surface area contributed by atoms with E-state index in [4.69, 9.17) is 4.74 Å². The number of carbonyl (C=O) groups excluding carboxylic acids is 2. The molecule has 2 amide bonds. The van der Waals surface area contributed by atoms with Gasteiger partial charge >= 0.3 is 0 Å². The highest BCUT2D eigenvalue weighted by Gasteiger charge is 2.30. The molecule has 0 fully saturated rings. The highest BCUT2D eigenvalue weighted by Crippen LogP contribution is 2.38. The minimum atomic E-state index is -0.350. The number of rotatable bonds is 6. The van der Waals surface area contributed by atoms with Gasteiger partial charge in [-0.2, -0.15) is 5.26 Å². The van der Waals surface area contributed by atoms with Crippen LogP contribution in [0.25, 0.3) is 0 Å². The van der Waals surface area contributed by atoms with Crippen LogP contribution in [0.5, 0.6) is 5.75 Å². The summed E-state index contributed by atoms with van der Waals surface area (Å²) < 4.78 is 5.93. The van der Waals surface area contributed by atoms with Crippen molar-refractivity contribution in [1.82, 2.24) is 5.32 Å². The molecule has 8 heteroatoms. The number of nitriles is 1. The maximum absolute atomic E-state index is 12.3. The average Bonchev–Trinajstić information content (AvgIpc) is 2.72. The zero-order chi connectivity index (χ0) is 20.8. The summed E-state index contributed by atoms with van der Waals surface area (Å²) in [5, 5.41) is 15.7. The van der Waals surface area contributed by atoms with Crippen LogP contribution in [0.1, 0.15) is 17.9 Å². The third kappa shape index (κ3) is 5.19. The predicted octanol–water partition coefficient (Wildman–Crippen LogP) is 4.17. The van der Waals surface area contributed by atoms with Crippen molar-refractivity contribution < 1.29 is 14.3 Å². The molecule has 0 radical (unpaired) electrons. The first-order valence-electron chi connectivity index (χ1n) is 8.77. The summed E-state index contributed by atoms with van der Waals surface area (Å²) in [6, 6.07) is 16.7. The Hall–Kier alpha value is -2.76. The quantitative estimate of drug-likeness (QED) is 0.659. The summed E-state index contributed by atoms with van der Waals surface area (Å²) in [7, 11) is 1.57. The third-order valence-electron chi connectivity index (χ3n) is 4.36. The normalized spacial score (nSPS) is 16.0. The van der Waals surface area contributed by atoms with Gasteiger partial charge in [-0.25, -0.2) is 0 Å². The predicted molar refractivity (Wildman–Crippen MR) is 116 cm³/mol. The highest BCUT2D eigenvalue weighted by atomic mass is 79.9. The lowest BCUT2D eigenvalue weighted by molar-refractivity contribution is -0.121. The van der Waals surface area contributed by atoms with Gasteiger partial charge in [0.05, 0.1) is 29.5 Å². The average molecular weight is 472 g/mol. The van der Waals surface area contributed by atoms with Crippen molar-refractivity contribution in [2.24, 2.45) is 0 Å². The third-order valence-corrected chi connectivity index (χ3v) is 6.10. The van der Waals surface area contributed by atoms with E-state index < -0.39 is 0 Å². The summed E-state index contributed by atoms with van der Waals surface area (Å²) >= 11 is 4.64. The summed E-state index contributed by atoms with van der Waals surface area (Å²) in [6.45, 7) is 0. The first kappa shape index (κ1) is 21.0. The van der Waals surface area contributed by atoms with Gasteiger partial charge in [-0.05, 0) is 35.9 Å². The SMILES string of the molecule is COc1ccc(NC(=O)CSC2=C(C#N)C(c3ccccc3Br)CC(=O)N2)cc1. The van der Waals surface area contributed by atoms with Crippen LogP contribution in [0.2, 0.25) is 0 Å². The van der Waals surface area contributed by atoms with Crippen LogP contribution in [0.15, 0.2) is 63.6 Å². The maximum atomic E-state index is 12.3. The Morgan fingerprint density at radius 2 is 2.03 bits per heavy atom. The van der Waals surface area contributed by atoms with Gasteiger partial charge in [0, 0.05) is 22.5 Å². The van der Waals surface area contributed by atoms with E-state index in [0.717, 1.165) is 21.8 Å². The molecule has 0 saturated heterocycles. The fourth-order valence-electron chi connectivity index (χ4n) is 2.97. The van der Waals surface area contributed by atoms with Crippen molar-refractivity contribution in [1.29, 1.82) is 5.26 Å². The molecule has 1 aliphatic rings. The van der Waals surface area contributed by atoms with Gasteiger partial charge in [-0.1, -0.05) is 45.9 Å². The van der Waals surface area contributed by atoms with E-state index >= 15 is 0 Å². The van der Waals surface area contributed by atoms with Crippen LogP contribution < -0.4 is 15.4 Å². The number of nitrogens with one attached hydrogen (secondary N) is 2. The number of nitrogens with zero attached hydrogens (tertiary/aromatic N) is 1. The van der Waals surface area contributed by atoms with E-state index in [-0.39, 0.29) is 29.9 Å².